The van der Waals surface area contributed by atoms with Gasteiger partial charge in [-0.25, -0.2) is 4.98 Å². The van der Waals surface area contributed by atoms with Crippen LogP contribution in [0, 0.1) is 0 Å². The molecule has 4 rings (SSSR count). The van der Waals surface area contributed by atoms with Gasteiger partial charge in [-0.15, -0.1) is 0 Å². The zero-order valence-electron chi connectivity index (χ0n) is 13.4. The van der Waals surface area contributed by atoms with E-state index < -0.39 is 0 Å². The van der Waals surface area contributed by atoms with Crippen molar-refractivity contribution in [3.63, 3.8) is 0 Å². The summed E-state index contributed by atoms with van der Waals surface area (Å²) >= 11 is 3.43. The van der Waals surface area contributed by atoms with E-state index >= 15 is 0 Å². The van der Waals surface area contributed by atoms with Crippen molar-refractivity contribution in [2.45, 2.75) is 38.4 Å². The highest BCUT2D eigenvalue weighted by atomic mass is 79.9. The van der Waals surface area contributed by atoms with E-state index in [1.807, 2.05) is 23.3 Å². The van der Waals surface area contributed by atoms with Gasteiger partial charge in [-0.2, -0.15) is 5.10 Å². The average Bonchev–Trinajstić information content (AvgIpc) is 3.23. The molecule has 0 aliphatic carbocycles. The van der Waals surface area contributed by atoms with Crippen LogP contribution in [0.15, 0.2) is 53.5 Å². The maximum atomic E-state index is 4.50. The summed E-state index contributed by atoms with van der Waals surface area (Å²) in [6.07, 6.45) is 11.1. The number of aryl methyl sites for hydroxylation is 3. The van der Waals surface area contributed by atoms with Crippen LogP contribution in [0.4, 0.5) is 5.69 Å². The zero-order valence-corrected chi connectivity index (χ0v) is 15.0. The van der Waals surface area contributed by atoms with Gasteiger partial charge in [0.25, 0.3) is 0 Å². The molecule has 0 fully saturated rings. The number of halogens is 1. The third kappa shape index (κ3) is 3.38. The predicted molar refractivity (Wildman–Crippen MR) is 97.9 cm³/mol. The summed E-state index contributed by atoms with van der Waals surface area (Å²) in [7, 11) is 0. The lowest BCUT2D eigenvalue weighted by molar-refractivity contribution is 0.470. The minimum absolute atomic E-state index is 0.307. The molecule has 2 aromatic heterocycles. The largest absolute Gasteiger partial charge is 0.375 e. The molecular weight excluding hydrogens is 366 g/mol. The topological polar surface area (TPSA) is 47.7 Å². The van der Waals surface area contributed by atoms with Gasteiger partial charge in [-0.05, 0) is 52.9 Å². The number of nitrogens with zero attached hydrogens (tertiary/aromatic N) is 4. The van der Waals surface area contributed by atoms with Crippen LogP contribution in [0.1, 0.15) is 30.3 Å². The fraction of sp³-hybridized carbons (Fsp3) is 0.333. The van der Waals surface area contributed by atoms with Crippen molar-refractivity contribution in [1.29, 1.82) is 0 Å². The van der Waals surface area contributed by atoms with Crippen LogP contribution in [0.3, 0.4) is 0 Å². The fourth-order valence-electron chi connectivity index (χ4n) is 3.22. The van der Waals surface area contributed by atoms with Crippen LogP contribution in [0.2, 0.25) is 0 Å². The van der Waals surface area contributed by atoms with E-state index in [0.29, 0.717) is 6.04 Å². The van der Waals surface area contributed by atoms with Crippen molar-refractivity contribution >= 4 is 21.6 Å². The minimum atomic E-state index is 0.307. The van der Waals surface area contributed by atoms with E-state index in [4.69, 9.17) is 0 Å². The number of anilines is 1. The molecule has 0 unspecified atom stereocenters. The maximum absolute atomic E-state index is 4.50. The average molecular weight is 386 g/mol. The van der Waals surface area contributed by atoms with Gasteiger partial charge in [0.1, 0.15) is 5.82 Å². The van der Waals surface area contributed by atoms with Gasteiger partial charge >= 0.3 is 0 Å². The van der Waals surface area contributed by atoms with Gasteiger partial charge < -0.3 is 9.88 Å². The molecule has 5 nitrogen and oxygen atoms in total. The number of imidazole rings is 1. The highest BCUT2D eigenvalue weighted by molar-refractivity contribution is 9.10. The Hall–Kier alpha value is -2.08. The molecule has 1 aromatic carbocycles. The third-order valence-corrected chi connectivity index (χ3v) is 4.89. The Bertz CT molecular complexity index is 805. The Labute approximate surface area is 149 Å². The van der Waals surface area contributed by atoms with E-state index in [1.165, 1.54) is 12.0 Å². The Kier molecular flexibility index (Phi) is 4.38. The number of rotatable bonds is 5. The zero-order chi connectivity index (χ0) is 16.4. The van der Waals surface area contributed by atoms with Crippen LogP contribution >= 0.6 is 15.9 Å². The van der Waals surface area contributed by atoms with E-state index in [-0.39, 0.29) is 0 Å². The standard InChI is InChI=1S/C18H20BrN5/c19-15-12-21-24(13-15)10-7-14-3-5-16(6-4-14)22-17-2-1-9-23-11-8-20-18(17)23/h3-6,8,11-13,17,22H,1-2,7,9-10H2/t17-/m0/s1. The van der Waals surface area contributed by atoms with Crippen LogP contribution in [0.5, 0.6) is 0 Å². The van der Waals surface area contributed by atoms with Gasteiger partial charge in [0, 0.05) is 37.4 Å². The molecule has 1 atom stereocenters. The molecule has 24 heavy (non-hydrogen) atoms. The first kappa shape index (κ1) is 15.4. The fourth-order valence-corrected chi connectivity index (χ4v) is 3.55. The minimum Gasteiger partial charge on any atom is -0.375 e. The molecule has 0 spiro atoms. The van der Waals surface area contributed by atoms with Crippen LogP contribution in [-0.2, 0) is 19.5 Å². The number of hydrogen-bond donors (Lipinski definition) is 1. The SMILES string of the molecule is Brc1cnn(CCc2ccc(N[C@H]3CCCn4ccnc43)cc2)c1. The summed E-state index contributed by atoms with van der Waals surface area (Å²) < 4.78 is 5.23. The van der Waals surface area contributed by atoms with E-state index in [9.17, 15) is 0 Å². The van der Waals surface area contributed by atoms with Gasteiger partial charge in [0.2, 0.25) is 0 Å². The van der Waals surface area contributed by atoms with Crippen LogP contribution in [-0.4, -0.2) is 19.3 Å². The second-order valence-electron chi connectivity index (χ2n) is 6.19. The lowest BCUT2D eigenvalue weighted by atomic mass is 10.1. The molecule has 1 N–H and O–H groups in total. The molecule has 3 heterocycles. The maximum Gasteiger partial charge on any atom is 0.131 e. The summed E-state index contributed by atoms with van der Waals surface area (Å²) in [6, 6.07) is 9.01. The highest BCUT2D eigenvalue weighted by Gasteiger charge is 2.20. The lowest BCUT2D eigenvalue weighted by Crippen LogP contribution is -2.21. The quantitative estimate of drug-likeness (QED) is 0.720. The number of aromatic nitrogens is 4. The van der Waals surface area contributed by atoms with Crippen LogP contribution in [0.25, 0.3) is 0 Å². The van der Waals surface area contributed by atoms with Crippen molar-refractivity contribution in [3.05, 3.63) is 64.9 Å². The molecule has 6 heteroatoms. The Morgan fingerprint density at radius 2 is 2.12 bits per heavy atom. The molecule has 0 saturated heterocycles. The molecule has 124 valence electrons. The Morgan fingerprint density at radius 3 is 2.92 bits per heavy atom. The number of hydrogen-bond acceptors (Lipinski definition) is 3. The van der Waals surface area contributed by atoms with Crippen molar-refractivity contribution in [2.75, 3.05) is 5.32 Å². The molecular formula is C18H20BrN5. The normalized spacial score (nSPS) is 16.8. The van der Waals surface area contributed by atoms with E-state index in [1.54, 1.807) is 0 Å². The first-order valence-corrected chi connectivity index (χ1v) is 9.12. The van der Waals surface area contributed by atoms with Crippen molar-refractivity contribution in [3.8, 4) is 0 Å². The first-order chi connectivity index (χ1) is 11.8. The molecule has 0 radical (unpaired) electrons. The smallest absolute Gasteiger partial charge is 0.131 e. The summed E-state index contributed by atoms with van der Waals surface area (Å²) in [5.41, 5.74) is 2.47. The molecule has 1 aliphatic rings. The number of nitrogens with one attached hydrogen (secondary N) is 1. The van der Waals surface area contributed by atoms with Crippen LogP contribution < -0.4 is 5.32 Å². The monoisotopic (exact) mass is 385 g/mol. The van der Waals surface area contributed by atoms with Gasteiger partial charge in [-0.1, -0.05) is 12.1 Å². The summed E-state index contributed by atoms with van der Waals surface area (Å²) in [6.45, 7) is 1.97. The van der Waals surface area contributed by atoms with E-state index in [0.717, 1.165) is 41.9 Å². The molecule has 0 saturated carbocycles. The lowest BCUT2D eigenvalue weighted by Gasteiger charge is -2.25. The summed E-state index contributed by atoms with van der Waals surface area (Å²) in [4.78, 5) is 4.50. The predicted octanol–water partition coefficient (Wildman–Crippen LogP) is 4.03. The second-order valence-corrected chi connectivity index (χ2v) is 7.10. The van der Waals surface area contributed by atoms with Gasteiger partial charge in [0.05, 0.1) is 16.7 Å². The first-order valence-electron chi connectivity index (χ1n) is 8.32. The van der Waals surface area contributed by atoms with Gasteiger partial charge in [-0.3, -0.25) is 4.68 Å². The highest BCUT2D eigenvalue weighted by Crippen LogP contribution is 2.27. The summed E-state index contributed by atoms with van der Waals surface area (Å²) in [5.74, 6) is 1.15. The second kappa shape index (κ2) is 6.81. The van der Waals surface area contributed by atoms with Crippen molar-refractivity contribution < 1.29 is 0 Å². The number of benzene rings is 1. The Morgan fingerprint density at radius 1 is 1.25 bits per heavy atom. The third-order valence-electron chi connectivity index (χ3n) is 4.48. The molecule has 1 aliphatic heterocycles. The molecule has 0 bridgehead atoms. The van der Waals surface area contributed by atoms with Crippen molar-refractivity contribution in [2.24, 2.45) is 0 Å². The molecule has 3 aromatic rings. The van der Waals surface area contributed by atoms with Gasteiger partial charge in [0.15, 0.2) is 0 Å². The Balaban J connectivity index is 1.38. The number of fused-ring (bicyclic) bond motifs is 1. The summed E-state index contributed by atoms with van der Waals surface area (Å²) in [5, 5.41) is 7.91. The van der Waals surface area contributed by atoms with E-state index in [2.05, 4.69) is 66.4 Å². The molecule has 0 amide bonds. The van der Waals surface area contributed by atoms with Crippen molar-refractivity contribution in [1.82, 2.24) is 19.3 Å².